The fourth-order valence-corrected chi connectivity index (χ4v) is 1.49. The molecule has 0 fully saturated rings. The van der Waals surface area contributed by atoms with E-state index in [-0.39, 0.29) is 12.5 Å². The molecule has 0 aliphatic carbocycles. The van der Waals surface area contributed by atoms with Crippen molar-refractivity contribution in [1.82, 2.24) is 10.3 Å². The highest BCUT2D eigenvalue weighted by molar-refractivity contribution is 7.09. The van der Waals surface area contributed by atoms with Crippen LogP contribution in [0.5, 0.6) is 0 Å². The van der Waals surface area contributed by atoms with E-state index in [1.165, 1.54) is 24.5 Å². The first-order valence-corrected chi connectivity index (χ1v) is 5.44. The minimum Gasteiger partial charge on any atom is -0.468 e. The van der Waals surface area contributed by atoms with Gasteiger partial charge >= 0.3 is 5.97 Å². The zero-order valence-electron chi connectivity index (χ0n) is 9.02. The van der Waals surface area contributed by atoms with E-state index in [4.69, 9.17) is 0 Å². The van der Waals surface area contributed by atoms with Crippen molar-refractivity contribution in [3.05, 3.63) is 22.2 Å². The van der Waals surface area contributed by atoms with Crippen LogP contribution in [-0.4, -0.2) is 30.5 Å². The standard InChI is InChI=1S/C10H12N2O3S/c1-7-12-8(6-16-7)3-4-9(13)11-5-10(14)15-2/h3-4,6H,5H2,1-2H3,(H,11,13)/b4-3+. The third-order valence-electron chi connectivity index (χ3n) is 1.68. The zero-order valence-corrected chi connectivity index (χ0v) is 9.84. The fourth-order valence-electron chi connectivity index (χ4n) is 0.908. The van der Waals surface area contributed by atoms with Gasteiger partial charge in [0.25, 0.3) is 0 Å². The Morgan fingerprint density at radius 2 is 2.38 bits per heavy atom. The number of amides is 1. The average molecular weight is 240 g/mol. The highest BCUT2D eigenvalue weighted by Gasteiger charge is 2.01. The summed E-state index contributed by atoms with van der Waals surface area (Å²) in [7, 11) is 1.27. The zero-order chi connectivity index (χ0) is 12.0. The Balaban J connectivity index is 2.39. The highest BCUT2D eigenvalue weighted by Crippen LogP contribution is 2.08. The molecular formula is C10H12N2O3S. The third kappa shape index (κ3) is 4.22. The Labute approximate surface area is 97.1 Å². The minimum absolute atomic E-state index is 0.129. The van der Waals surface area contributed by atoms with Gasteiger partial charge in [0.1, 0.15) is 6.54 Å². The van der Waals surface area contributed by atoms with E-state index in [1.54, 1.807) is 6.08 Å². The van der Waals surface area contributed by atoms with Gasteiger partial charge in [-0.25, -0.2) is 4.98 Å². The molecule has 6 heteroatoms. The Morgan fingerprint density at radius 1 is 1.62 bits per heavy atom. The van der Waals surface area contributed by atoms with E-state index in [9.17, 15) is 9.59 Å². The second-order valence-electron chi connectivity index (χ2n) is 2.92. The lowest BCUT2D eigenvalue weighted by Gasteiger charge is -1.98. The van der Waals surface area contributed by atoms with Gasteiger partial charge in [-0.1, -0.05) is 0 Å². The molecule has 0 bridgehead atoms. The van der Waals surface area contributed by atoms with E-state index >= 15 is 0 Å². The van der Waals surface area contributed by atoms with Crippen molar-refractivity contribution in [2.45, 2.75) is 6.92 Å². The summed E-state index contributed by atoms with van der Waals surface area (Å²) in [5, 5.41) is 5.17. The number of hydrogen-bond acceptors (Lipinski definition) is 5. The molecule has 1 amide bonds. The molecule has 16 heavy (non-hydrogen) atoms. The maximum atomic E-state index is 11.2. The van der Waals surface area contributed by atoms with Gasteiger partial charge < -0.3 is 10.1 Å². The second kappa shape index (κ2) is 6.02. The van der Waals surface area contributed by atoms with Gasteiger partial charge in [-0.2, -0.15) is 0 Å². The van der Waals surface area contributed by atoms with Gasteiger partial charge in [0.05, 0.1) is 17.8 Å². The minimum atomic E-state index is -0.480. The van der Waals surface area contributed by atoms with Gasteiger partial charge in [0, 0.05) is 11.5 Å². The number of thiazole rings is 1. The van der Waals surface area contributed by atoms with Crippen LogP contribution < -0.4 is 5.32 Å². The summed E-state index contributed by atoms with van der Waals surface area (Å²) < 4.78 is 4.38. The Bertz CT molecular complexity index is 412. The first-order valence-electron chi connectivity index (χ1n) is 4.56. The van der Waals surface area contributed by atoms with E-state index in [0.717, 1.165) is 10.7 Å². The molecule has 0 saturated heterocycles. The van der Waals surface area contributed by atoms with Crippen LogP contribution in [0.4, 0.5) is 0 Å². The van der Waals surface area contributed by atoms with Crippen molar-refractivity contribution >= 4 is 29.3 Å². The van der Waals surface area contributed by atoms with Crippen LogP contribution in [0, 0.1) is 6.92 Å². The van der Waals surface area contributed by atoms with Crippen molar-refractivity contribution in [1.29, 1.82) is 0 Å². The molecule has 1 aromatic rings. The quantitative estimate of drug-likeness (QED) is 0.623. The van der Waals surface area contributed by atoms with E-state index in [1.807, 2.05) is 12.3 Å². The Morgan fingerprint density at radius 3 is 2.94 bits per heavy atom. The van der Waals surface area contributed by atoms with E-state index in [2.05, 4.69) is 15.0 Å². The lowest BCUT2D eigenvalue weighted by atomic mass is 10.4. The Hall–Kier alpha value is -1.69. The molecule has 5 nitrogen and oxygen atoms in total. The van der Waals surface area contributed by atoms with Crippen LogP contribution in [-0.2, 0) is 14.3 Å². The summed E-state index contributed by atoms with van der Waals surface area (Å²) in [5.74, 6) is -0.831. The largest absolute Gasteiger partial charge is 0.468 e. The summed E-state index contributed by atoms with van der Waals surface area (Å²) in [6.45, 7) is 1.76. The van der Waals surface area contributed by atoms with Crippen LogP contribution in [0.1, 0.15) is 10.7 Å². The maximum absolute atomic E-state index is 11.2. The van der Waals surface area contributed by atoms with E-state index in [0.29, 0.717) is 0 Å². The van der Waals surface area contributed by atoms with Crippen LogP contribution in [0.25, 0.3) is 6.08 Å². The molecule has 0 radical (unpaired) electrons. The smallest absolute Gasteiger partial charge is 0.325 e. The van der Waals surface area contributed by atoms with Crippen molar-refractivity contribution in [2.24, 2.45) is 0 Å². The number of ether oxygens (including phenoxy) is 1. The number of hydrogen-bond donors (Lipinski definition) is 1. The summed E-state index contributed by atoms with van der Waals surface area (Å²) in [4.78, 5) is 26.1. The first kappa shape index (κ1) is 12.4. The fraction of sp³-hybridized carbons (Fsp3) is 0.300. The number of nitrogens with zero attached hydrogens (tertiary/aromatic N) is 1. The molecule has 0 aliphatic rings. The average Bonchev–Trinajstić information content (AvgIpc) is 2.69. The summed E-state index contributed by atoms with van der Waals surface area (Å²) >= 11 is 1.51. The topological polar surface area (TPSA) is 68.3 Å². The summed E-state index contributed by atoms with van der Waals surface area (Å²) in [5.41, 5.74) is 0.732. The third-order valence-corrected chi connectivity index (χ3v) is 2.47. The van der Waals surface area contributed by atoms with Crippen molar-refractivity contribution in [2.75, 3.05) is 13.7 Å². The monoisotopic (exact) mass is 240 g/mol. The molecular weight excluding hydrogens is 228 g/mol. The molecule has 0 aliphatic heterocycles. The van der Waals surface area contributed by atoms with Crippen LogP contribution >= 0.6 is 11.3 Å². The van der Waals surface area contributed by atoms with Crippen molar-refractivity contribution in [3.8, 4) is 0 Å². The van der Waals surface area contributed by atoms with Crippen LogP contribution in [0.3, 0.4) is 0 Å². The lowest BCUT2D eigenvalue weighted by molar-refractivity contribution is -0.140. The molecule has 1 N–H and O–H groups in total. The molecule has 0 unspecified atom stereocenters. The number of methoxy groups -OCH3 is 1. The number of esters is 1. The van der Waals surface area contributed by atoms with Gasteiger partial charge in [-0.3, -0.25) is 9.59 Å². The van der Waals surface area contributed by atoms with Gasteiger partial charge in [0.2, 0.25) is 5.91 Å². The van der Waals surface area contributed by atoms with E-state index < -0.39 is 5.97 Å². The molecule has 0 atom stereocenters. The van der Waals surface area contributed by atoms with Gasteiger partial charge in [-0.05, 0) is 13.0 Å². The van der Waals surface area contributed by atoms with Crippen molar-refractivity contribution < 1.29 is 14.3 Å². The maximum Gasteiger partial charge on any atom is 0.325 e. The lowest BCUT2D eigenvalue weighted by Crippen LogP contribution is -2.28. The SMILES string of the molecule is COC(=O)CNC(=O)/C=C/c1csc(C)n1. The van der Waals surface area contributed by atoms with Gasteiger partial charge in [-0.15, -0.1) is 11.3 Å². The Kier molecular flexibility index (Phi) is 4.65. The molecule has 0 aromatic carbocycles. The number of rotatable bonds is 4. The number of aryl methyl sites for hydroxylation is 1. The molecule has 1 rings (SSSR count). The molecule has 86 valence electrons. The molecule has 0 spiro atoms. The molecule has 1 heterocycles. The number of carbonyl (C=O) groups excluding carboxylic acids is 2. The number of carbonyl (C=O) groups is 2. The summed E-state index contributed by atoms with van der Waals surface area (Å²) in [6.07, 6.45) is 2.92. The van der Waals surface area contributed by atoms with Crippen LogP contribution in [0.2, 0.25) is 0 Å². The van der Waals surface area contributed by atoms with Gasteiger partial charge in [0.15, 0.2) is 0 Å². The number of nitrogens with one attached hydrogen (secondary N) is 1. The van der Waals surface area contributed by atoms with Crippen LogP contribution in [0.15, 0.2) is 11.5 Å². The second-order valence-corrected chi connectivity index (χ2v) is 3.98. The summed E-state index contributed by atoms with van der Waals surface area (Å²) in [6, 6.07) is 0. The molecule has 0 saturated carbocycles. The normalized spacial score (nSPS) is 10.4. The predicted octanol–water partition coefficient (Wildman–Crippen LogP) is 0.754. The molecule has 1 aromatic heterocycles. The van der Waals surface area contributed by atoms with Crippen molar-refractivity contribution in [3.63, 3.8) is 0 Å². The number of aromatic nitrogens is 1. The first-order chi connectivity index (χ1) is 7.61. The predicted molar refractivity (Wildman–Crippen MR) is 60.9 cm³/mol. The highest BCUT2D eigenvalue weighted by atomic mass is 32.1.